The van der Waals surface area contributed by atoms with Crippen LogP contribution < -0.4 is 11.1 Å². The first-order chi connectivity index (χ1) is 15.6. The quantitative estimate of drug-likeness (QED) is 0.226. The van der Waals surface area contributed by atoms with Gasteiger partial charge in [-0.25, -0.2) is 0 Å². The Hall–Kier alpha value is -3.49. The summed E-state index contributed by atoms with van der Waals surface area (Å²) in [5.74, 6) is -0.0910. The third kappa shape index (κ3) is 5.52. The average molecular weight is 480 g/mol. The van der Waals surface area contributed by atoms with Crippen LogP contribution >= 0.6 is 0 Å². The minimum atomic E-state index is -4.92. The Labute approximate surface area is 192 Å². The summed E-state index contributed by atoms with van der Waals surface area (Å²) >= 11 is 0. The molecule has 0 aromatic heterocycles. The van der Waals surface area contributed by atoms with E-state index in [4.69, 9.17) is 5.73 Å². The van der Waals surface area contributed by atoms with Crippen LogP contribution in [0.1, 0.15) is 42.3 Å². The molecule has 0 aliphatic heterocycles. The van der Waals surface area contributed by atoms with Crippen LogP contribution in [0.25, 0.3) is 11.1 Å². The molecule has 0 aliphatic carbocycles. The lowest BCUT2D eigenvalue weighted by atomic mass is 9.86. The van der Waals surface area contributed by atoms with Gasteiger partial charge in [-0.15, -0.1) is 0 Å². The monoisotopic (exact) mass is 480 g/mol. The fourth-order valence-corrected chi connectivity index (χ4v) is 3.43. The third-order valence-corrected chi connectivity index (χ3v) is 5.08. The highest BCUT2D eigenvalue weighted by atomic mass is 19.4. The molecule has 0 atom stereocenters. The molecular formula is C25H22F6N2O. The summed E-state index contributed by atoms with van der Waals surface area (Å²) in [7, 11) is 0. The first-order valence-electron chi connectivity index (χ1n) is 10.2. The maximum absolute atomic E-state index is 13.8. The number of nitrogen functional groups attached to an aromatic ring is 1. The Morgan fingerprint density at radius 1 is 0.706 bits per heavy atom. The van der Waals surface area contributed by atoms with Crippen molar-refractivity contribution in [2.24, 2.45) is 5.41 Å². The zero-order valence-corrected chi connectivity index (χ0v) is 18.5. The van der Waals surface area contributed by atoms with Gasteiger partial charge in [-0.2, -0.15) is 26.3 Å². The summed E-state index contributed by atoms with van der Waals surface area (Å²) < 4.78 is 82.0. The highest BCUT2D eigenvalue weighted by Crippen LogP contribution is 2.44. The first-order valence-corrected chi connectivity index (χ1v) is 10.2. The Balaban J connectivity index is 2.01. The summed E-state index contributed by atoms with van der Waals surface area (Å²) in [6, 6.07) is 11.9. The Morgan fingerprint density at radius 3 is 1.68 bits per heavy atom. The van der Waals surface area contributed by atoms with Gasteiger partial charge in [0, 0.05) is 28.0 Å². The number of rotatable bonds is 4. The van der Waals surface area contributed by atoms with Gasteiger partial charge in [-0.3, -0.25) is 4.79 Å². The van der Waals surface area contributed by atoms with Gasteiger partial charge >= 0.3 is 12.4 Å². The molecule has 0 fully saturated rings. The van der Waals surface area contributed by atoms with Crippen molar-refractivity contribution in [1.29, 1.82) is 0 Å². The molecule has 3 rings (SSSR count). The molecule has 3 nitrogen and oxygen atoms in total. The summed E-state index contributed by atoms with van der Waals surface area (Å²) in [4.78, 5) is 12.3. The fraction of sp³-hybridized carbons (Fsp3) is 0.240. The van der Waals surface area contributed by atoms with E-state index in [0.29, 0.717) is 17.3 Å². The van der Waals surface area contributed by atoms with Gasteiger partial charge in [-0.05, 0) is 59.7 Å². The molecule has 3 N–H and O–H groups in total. The minimum Gasteiger partial charge on any atom is -0.399 e. The van der Waals surface area contributed by atoms with E-state index in [0.717, 1.165) is 24.3 Å². The first kappa shape index (κ1) is 25.1. The molecule has 0 heterocycles. The van der Waals surface area contributed by atoms with Crippen molar-refractivity contribution in [1.82, 2.24) is 0 Å². The van der Waals surface area contributed by atoms with E-state index < -0.39 is 40.0 Å². The molecule has 0 radical (unpaired) electrons. The number of carbonyl (C=O) groups excluding carboxylic acids is 1. The van der Waals surface area contributed by atoms with Gasteiger partial charge in [0.1, 0.15) is 0 Å². The molecule has 0 amide bonds. The Kier molecular flexibility index (Phi) is 6.43. The molecule has 3 aromatic carbocycles. The molecule has 0 saturated carbocycles. The van der Waals surface area contributed by atoms with E-state index in [1.54, 1.807) is 45.0 Å². The molecule has 0 bridgehead atoms. The van der Waals surface area contributed by atoms with Crippen molar-refractivity contribution >= 4 is 22.8 Å². The number of hydrogen-bond donors (Lipinski definition) is 2. The number of Topliss-reactive ketones (excluding diaryl/α,β-unsaturated/α-hetero) is 1. The zero-order valence-electron chi connectivity index (χ0n) is 18.5. The summed E-state index contributed by atoms with van der Waals surface area (Å²) in [5, 5.41) is 2.80. The molecule has 0 spiro atoms. The van der Waals surface area contributed by atoms with Crippen LogP contribution in [0.5, 0.6) is 0 Å². The van der Waals surface area contributed by atoms with Crippen LogP contribution in [-0.4, -0.2) is 5.78 Å². The lowest BCUT2D eigenvalue weighted by molar-refractivity contribution is -0.139. The summed E-state index contributed by atoms with van der Waals surface area (Å²) in [6.07, 6.45) is -9.81. The number of benzene rings is 3. The molecule has 180 valence electrons. The van der Waals surface area contributed by atoms with Crippen molar-refractivity contribution in [2.45, 2.75) is 33.1 Å². The topological polar surface area (TPSA) is 55.1 Å². The van der Waals surface area contributed by atoms with Gasteiger partial charge in [0.05, 0.1) is 11.1 Å². The van der Waals surface area contributed by atoms with E-state index in [-0.39, 0.29) is 17.2 Å². The highest BCUT2D eigenvalue weighted by molar-refractivity contribution is 6.00. The molecule has 9 heteroatoms. The van der Waals surface area contributed by atoms with E-state index in [9.17, 15) is 31.1 Å². The number of anilines is 3. The Morgan fingerprint density at radius 2 is 1.18 bits per heavy atom. The molecule has 0 unspecified atom stereocenters. The van der Waals surface area contributed by atoms with Gasteiger partial charge < -0.3 is 11.1 Å². The highest BCUT2D eigenvalue weighted by Gasteiger charge is 2.38. The number of alkyl halides is 6. The number of nitrogens with one attached hydrogen (secondary N) is 1. The molecule has 34 heavy (non-hydrogen) atoms. The second kappa shape index (κ2) is 8.70. The molecule has 3 aromatic rings. The van der Waals surface area contributed by atoms with Crippen molar-refractivity contribution in [3.8, 4) is 11.1 Å². The van der Waals surface area contributed by atoms with E-state index in [1.165, 1.54) is 6.07 Å². The van der Waals surface area contributed by atoms with Gasteiger partial charge in [0.25, 0.3) is 0 Å². The molecule has 0 saturated heterocycles. The number of nitrogens with two attached hydrogens (primary N) is 1. The smallest absolute Gasteiger partial charge is 0.399 e. The second-order valence-electron chi connectivity index (χ2n) is 8.84. The maximum atomic E-state index is 13.8. The van der Waals surface area contributed by atoms with E-state index in [1.807, 2.05) is 0 Å². The number of hydrogen-bond acceptors (Lipinski definition) is 3. The van der Waals surface area contributed by atoms with E-state index >= 15 is 0 Å². The van der Waals surface area contributed by atoms with Crippen LogP contribution in [0.4, 0.5) is 43.4 Å². The van der Waals surface area contributed by atoms with Crippen LogP contribution in [0.2, 0.25) is 0 Å². The number of carbonyl (C=O) groups is 1. The summed E-state index contributed by atoms with van der Waals surface area (Å²) in [6.45, 7) is 5.31. The van der Waals surface area contributed by atoms with Crippen molar-refractivity contribution in [3.05, 3.63) is 77.4 Å². The fourth-order valence-electron chi connectivity index (χ4n) is 3.43. The van der Waals surface area contributed by atoms with Gasteiger partial charge in [0.2, 0.25) is 0 Å². The zero-order chi connectivity index (χ0) is 25.5. The summed E-state index contributed by atoms with van der Waals surface area (Å²) in [5.41, 5.74) is 1.80. The van der Waals surface area contributed by atoms with Crippen LogP contribution in [-0.2, 0) is 12.4 Å². The lowest BCUT2D eigenvalue weighted by Crippen LogP contribution is -2.19. The van der Waals surface area contributed by atoms with Gasteiger partial charge in [0.15, 0.2) is 5.78 Å². The van der Waals surface area contributed by atoms with Crippen LogP contribution in [0, 0.1) is 5.41 Å². The standard InChI is InChI=1S/C25H22F6N2O/c1-23(2,3)22(34)14-4-7-16(8-5-14)33-17-9-11-19(21(13-17)25(29,30)31)18-10-6-15(32)12-20(18)24(26,27)28/h4-13,33H,32H2,1-3H3. The molecule has 0 aliphatic rings. The number of ketones is 1. The maximum Gasteiger partial charge on any atom is 0.417 e. The Bertz CT molecular complexity index is 1210. The normalized spacial score (nSPS) is 12.5. The predicted octanol–water partition coefficient (Wildman–Crippen LogP) is 7.95. The second-order valence-corrected chi connectivity index (χ2v) is 8.84. The van der Waals surface area contributed by atoms with E-state index in [2.05, 4.69) is 5.32 Å². The molecular weight excluding hydrogens is 458 g/mol. The number of halogens is 6. The largest absolute Gasteiger partial charge is 0.417 e. The van der Waals surface area contributed by atoms with Crippen LogP contribution in [0.3, 0.4) is 0 Å². The van der Waals surface area contributed by atoms with Crippen LogP contribution in [0.15, 0.2) is 60.7 Å². The third-order valence-electron chi connectivity index (χ3n) is 5.08. The lowest BCUT2D eigenvalue weighted by Gasteiger charge is -2.19. The van der Waals surface area contributed by atoms with Crippen molar-refractivity contribution < 1.29 is 31.1 Å². The minimum absolute atomic E-state index is 0.0231. The average Bonchev–Trinajstić information content (AvgIpc) is 2.72. The van der Waals surface area contributed by atoms with Crippen molar-refractivity contribution in [3.63, 3.8) is 0 Å². The predicted molar refractivity (Wildman–Crippen MR) is 120 cm³/mol. The van der Waals surface area contributed by atoms with Gasteiger partial charge in [-0.1, -0.05) is 32.9 Å². The van der Waals surface area contributed by atoms with Crippen molar-refractivity contribution in [2.75, 3.05) is 11.1 Å². The SMILES string of the molecule is CC(C)(C)C(=O)c1ccc(Nc2ccc(-c3ccc(N)cc3C(F)(F)F)c(C(F)(F)F)c2)cc1.